The van der Waals surface area contributed by atoms with E-state index < -0.39 is 11.7 Å². The first-order valence-electron chi connectivity index (χ1n) is 7.79. The number of hydrogen-bond donors (Lipinski definition) is 3. The number of aromatic nitrogens is 1. The highest BCUT2D eigenvalue weighted by Gasteiger charge is 2.15. The molecule has 0 aliphatic rings. The molecule has 0 fully saturated rings. The Morgan fingerprint density at radius 2 is 1.92 bits per heavy atom. The second-order valence-corrected chi connectivity index (χ2v) is 5.87. The van der Waals surface area contributed by atoms with E-state index in [0.717, 1.165) is 12.2 Å². The predicted octanol–water partition coefficient (Wildman–Crippen LogP) is 2.28. The largest absolute Gasteiger partial charge is 0.444 e. The number of aliphatic imine (C=N–C) groups is 1. The lowest BCUT2D eigenvalue weighted by molar-refractivity contribution is 0.0529. The maximum atomic E-state index is 11.5. The molecule has 7 nitrogen and oxygen atoms in total. The van der Waals surface area contributed by atoms with Gasteiger partial charge in [0.1, 0.15) is 5.60 Å². The van der Waals surface area contributed by atoms with Gasteiger partial charge in [-0.2, -0.15) is 0 Å². The second-order valence-electron chi connectivity index (χ2n) is 5.87. The zero-order valence-corrected chi connectivity index (χ0v) is 17.1. The van der Waals surface area contributed by atoms with E-state index in [1.54, 1.807) is 6.20 Å². The minimum absolute atomic E-state index is 0. The van der Waals surface area contributed by atoms with Crippen molar-refractivity contribution in [3.05, 3.63) is 30.1 Å². The number of alkyl carbamates (subject to hydrolysis) is 1. The van der Waals surface area contributed by atoms with E-state index in [0.29, 0.717) is 25.6 Å². The fourth-order valence-electron chi connectivity index (χ4n) is 1.65. The van der Waals surface area contributed by atoms with Crippen molar-refractivity contribution >= 4 is 36.0 Å². The van der Waals surface area contributed by atoms with Crippen molar-refractivity contribution in [2.24, 2.45) is 4.99 Å². The fraction of sp³-hybridized carbons (Fsp3) is 0.562. The lowest BCUT2D eigenvalue weighted by Gasteiger charge is -2.19. The van der Waals surface area contributed by atoms with Gasteiger partial charge in [-0.05, 0) is 39.8 Å². The standard InChI is InChI=1S/C16H27N5O2.HI/c1-5-17-14(21-12-13-8-6-7-9-18-13)19-10-11-20-15(22)23-16(2,3)4;/h6-9H,5,10-12H2,1-4H3,(H,20,22)(H2,17,19,21);1H. The van der Waals surface area contributed by atoms with E-state index in [2.05, 4.69) is 25.9 Å². The lowest BCUT2D eigenvalue weighted by Crippen LogP contribution is -2.42. The Balaban J connectivity index is 0.00000529. The van der Waals surface area contributed by atoms with Crippen LogP contribution in [0.25, 0.3) is 0 Å². The molecule has 0 saturated carbocycles. The third-order valence-electron chi connectivity index (χ3n) is 2.56. The predicted molar refractivity (Wildman–Crippen MR) is 107 cm³/mol. The van der Waals surface area contributed by atoms with Crippen LogP contribution in [0.15, 0.2) is 29.4 Å². The number of nitrogens with zero attached hydrogens (tertiary/aromatic N) is 2. The van der Waals surface area contributed by atoms with Gasteiger partial charge in [0, 0.05) is 25.8 Å². The van der Waals surface area contributed by atoms with E-state index >= 15 is 0 Å². The monoisotopic (exact) mass is 449 g/mol. The summed E-state index contributed by atoms with van der Waals surface area (Å²) in [6, 6.07) is 5.74. The normalized spacial score (nSPS) is 11.2. The summed E-state index contributed by atoms with van der Waals surface area (Å²) >= 11 is 0. The molecule has 1 amide bonds. The van der Waals surface area contributed by atoms with Crippen LogP contribution in [-0.2, 0) is 11.3 Å². The van der Waals surface area contributed by atoms with Crippen molar-refractivity contribution < 1.29 is 9.53 Å². The highest BCUT2D eigenvalue weighted by atomic mass is 127. The van der Waals surface area contributed by atoms with Crippen molar-refractivity contribution in [2.75, 3.05) is 19.6 Å². The molecule has 24 heavy (non-hydrogen) atoms. The Bertz CT molecular complexity index is 503. The first-order chi connectivity index (χ1) is 10.9. The molecule has 1 rings (SSSR count). The number of halogens is 1. The highest BCUT2D eigenvalue weighted by Crippen LogP contribution is 2.05. The van der Waals surface area contributed by atoms with Gasteiger partial charge in [0.2, 0.25) is 0 Å². The summed E-state index contributed by atoms with van der Waals surface area (Å²) in [4.78, 5) is 20.2. The average molecular weight is 449 g/mol. The molecule has 1 aromatic rings. The summed E-state index contributed by atoms with van der Waals surface area (Å²) in [6.45, 7) is 9.74. The molecule has 0 aliphatic heterocycles. The molecular weight excluding hydrogens is 421 g/mol. The van der Waals surface area contributed by atoms with Gasteiger partial charge in [0.05, 0.1) is 12.2 Å². The molecule has 0 saturated heterocycles. The summed E-state index contributed by atoms with van der Waals surface area (Å²) in [5, 5.41) is 8.99. The van der Waals surface area contributed by atoms with Crippen LogP contribution in [0.5, 0.6) is 0 Å². The topological polar surface area (TPSA) is 87.6 Å². The van der Waals surface area contributed by atoms with Crippen molar-refractivity contribution in [2.45, 2.75) is 39.8 Å². The molecule has 0 atom stereocenters. The third kappa shape index (κ3) is 11.0. The molecule has 136 valence electrons. The Morgan fingerprint density at radius 1 is 1.21 bits per heavy atom. The number of ether oxygens (including phenoxy) is 1. The number of amides is 1. The Labute approximate surface area is 161 Å². The summed E-state index contributed by atoms with van der Waals surface area (Å²) in [5.41, 5.74) is 0.410. The smallest absolute Gasteiger partial charge is 0.407 e. The van der Waals surface area contributed by atoms with Crippen LogP contribution in [0.4, 0.5) is 4.79 Å². The maximum absolute atomic E-state index is 11.5. The molecule has 0 radical (unpaired) electrons. The van der Waals surface area contributed by atoms with Gasteiger partial charge in [-0.3, -0.25) is 4.98 Å². The summed E-state index contributed by atoms with van der Waals surface area (Å²) in [7, 11) is 0. The molecule has 1 heterocycles. The highest BCUT2D eigenvalue weighted by molar-refractivity contribution is 14.0. The molecule has 0 aliphatic carbocycles. The molecule has 0 aromatic carbocycles. The van der Waals surface area contributed by atoms with Crippen LogP contribution >= 0.6 is 24.0 Å². The Kier molecular flexibility index (Phi) is 11.1. The maximum Gasteiger partial charge on any atom is 0.407 e. The lowest BCUT2D eigenvalue weighted by atomic mass is 10.2. The van der Waals surface area contributed by atoms with Crippen molar-refractivity contribution in [3.8, 4) is 0 Å². The van der Waals surface area contributed by atoms with Crippen molar-refractivity contribution in [1.29, 1.82) is 0 Å². The van der Waals surface area contributed by atoms with E-state index in [1.807, 2.05) is 45.9 Å². The number of hydrogen-bond acceptors (Lipinski definition) is 4. The van der Waals surface area contributed by atoms with Gasteiger partial charge in [0.25, 0.3) is 0 Å². The van der Waals surface area contributed by atoms with Crippen LogP contribution in [0, 0.1) is 0 Å². The van der Waals surface area contributed by atoms with Crippen LogP contribution in [0.1, 0.15) is 33.4 Å². The van der Waals surface area contributed by atoms with Crippen LogP contribution in [0.3, 0.4) is 0 Å². The van der Waals surface area contributed by atoms with E-state index in [9.17, 15) is 4.79 Å². The van der Waals surface area contributed by atoms with Gasteiger partial charge in [0.15, 0.2) is 5.96 Å². The van der Waals surface area contributed by atoms with Crippen LogP contribution in [0.2, 0.25) is 0 Å². The molecule has 0 unspecified atom stereocenters. The quantitative estimate of drug-likeness (QED) is 0.269. The SMILES string of the molecule is CCNC(=NCc1ccccn1)NCCNC(=O)OC(C)(C)C.I. The van der Waals surface area contributed by atoms with Crippen molar-refractivity contribution in [1.82, 2.24) is 20.9 Å². The number of nitrogens with one attached hydrogen (secondary N) is 3. The zero-order chi connectivity index (χ0) is 17.1. The van der Waals surface area contributed by atoms with Gasteiger partial charge < -0.3 is 20.7 Å². The fourth-order valence-corrected chi connectivity index (χ4v) is 1.65. The first kappa shape index (κ1) is 22.4. The third-order valence-corrected chi connectivity index (χ3v) is 2.56. The number of rotatable bonds is 6. The number of pyridine rings is 1. The number of guanidine groups is 1. The average Bonchev–Trinajstić information content (AvgIpc) is 2.48. The number of carbonyl (C=O) groups is 1. The molecule has 0 spiro atoms. The van der Waals surface area contributed by atoms with Crippen molar-refractivity contribution in [3.63, 3.8) is 0 Å². The summed E-state index contributed by atoms with van der Waals surface area (Å²) < 4.78 is 5.17. The molecule has 1 aromatic heterocycles. The Morgan fingerprint density at radius 3 is 2.50 bits per heavy atom. The van der Waals surface area contributed by atoms with E-state index in [1.165, 1.54) is 0 Å². The molecule has 8 heteroatoms. The zero-order valence-electron chi connectivity index (χ0n) is 14.8. The van der Waals surface area contributed by atoms with Gasteiger partial charge in [-0.15, -0.1) is 24.0 Å². The Hall–Kier alpha value is -1.58. The van der Waals surface area contributed by atoms with Gasteiger partial charge in [-0.1, -0.05) is 6.07 Å². The van der Waals surface area contributed by atoms with Gasteiger partial charge in [-0.25, -0.2) is 9.79 Å². The van der Waals surface area contributed by atoms with Crippen LogP contribution in [-0.4, -0.2) is 42.3 Å². The van der Waals surface area contributed by atoms with E-state index in [-0.39, 0.29) is 24.0 Å². The minimum Gasteiger partial charge on any atom is -0.444 e. The second kappa shape index (κ2) is 11.9. The van der Waals surface area contributed by atoms with Gasteiger partial charge >= 0.3 is 6.09 Å². The summed E-state index contributed by atoms with van der Waals surface area (Å²) in [6.07, 6.45) is 1.32. The molecular formula is C16H28IN5O2. The summed E-state index contributed by atoms with van der Waals surface area (Å²) in [5.74, 6) is 0.684. The number of carbonyl (C=O) groups excluding carboxylic acids is 1. The molecule has 0 bridgehead atoms. The minimum atomic E-state index is -0.490. The van der Waals surface area contributed by atoms with Crippen LogP contribution < -0.4 is 16.0 Å². The van der Waals surface area contributed by atoms with E-state index in [4.69, 9.17) is 4.74 Å². The first-order valence-corrected chi connectivity index (χ1v) is 7.79. The molecule has 3 N–H and O–H groups in total.